The van der Waals surface area contributed by atoms with Crippen molar-refractivity contribution in [3.8, 4) is 5.75 Å². The molecule has 0 saturated carbocycles. The molecular weight excluding hydrogens is 234 g/mol. The second-order valence-corrected chi connectivity index (χ2v) is 3.70. The minimum absolute atomic E-state index is 0.0285. The molecule has 0 aromatic heterocycles. The van der Waals surface area contributed by atoms with E-state index in [1.54, 1.807) is 24.3 Å². The van der Waals surface area contributed by atoms with Gasteiger partial charge in [0.25, 0.3) is 5.69 Å². The number of nitrogens with two attached hydrogens (primary N) is 1. The Balaban J connectivity index is 2.53. The summed E-state index contributed by atoms with van der Waals surface area (Å²) in [7, 11) is 0. The molecular formula is C12H11N3O3. The van der Waals surface area contributed by atoms with Gasteiger partial charge in [-0.25, -0.2) is 0 Å². The molecule has 0 aliphatic heterocycles. The Bertz CT molecular complexity index is 625. The Kier molecular flexibility index (Phi) is 3.09. The smallest absolute Gasteiger partial charge is 0.277 e. The summed E-state index contributed by atoms with van der Waals surface area (Å²) in [4.78, 5) is 10.5. The Morgan fingerprint density at radius 2 is 1.94 bits per heavy atom. The van der Waals surface area contributed by atoms with E-state index < -0.39 is 4.92 Å². The van der Waals surface area contributed by atoms with Gasteiger partial charge in [0.05, 0.1) is 10.3 Å². The lowest BCUT2D eigenvalue weighted by atomic mass is 10.1. The van der Waals surface area contributed by atoms with Gasteiger partial charge >= 0.3 is 0 Å². The van der Waals surface area contributed by atoms with Gasteiger partial charge in [-0.05, 0) is 12.1 Å². The first kappa shape index (κ1) is 11.8. The zero-order valence-electron chi connectivity index (χ0n) is 9.42. The fraction of sp³-hybridized carbons (Fsp3) is 0.0833. The summed E-state index contributed by atoms with van der Waals surface area (Å²) in [5.41, 5.74) is 5.24. The lowest BCUT2D eigenvalue weighted by molar-refractivity contribution is -0.383. The van der Waals surface area contributed by atoms with Crippen molar-refractivity contribution >= 4 is 22.3 Å². The van der Waals surface area contributed by atoms with Crippen LogP contribution in [0, 0.1) is 15.5 Å². The van der Waals surface area contributed by atoms with Crippen LogP contribution < -0.4 is 10.5 Å². The maximum Gasteiger partial charge on any atom is 0.277 e. The van der Waals surface area contributed by atoms with Crippen LogP contribution in [0.2, 0.25) is 0 Å². The molecule has 2 aromatic carbocycles. The summed E-state index contributed by atoms with van der Waals surface area (Å²) in [6.07, 6.45) is 0. The third kappa shape index (κ3) is 2.22. The molecule has 2 aromatic rings. The van der Waals surface area contributed by atoms with Crippen LogP contribution in [0.15, 0.2) is 36.4 Å². The van der Waals surface area contributed by atoms with Gasteiger partial charge in [0.15, 0.2) is 0 Å². The molecule has 0 saturated heterocycles. The van der Waals surface area contributed by atoms with E-state index in [9.17, 15) is 10.1 Å². The summed E-state index contributed by atoms with van der Waals surface area (Å²) >= 11 is 0. The third-order valence-electron chi connectivity index (χ3n) is 2.44. The van der Waals surface area contributed by atoms with Gasteiger partial charge in [-0.15, -0.1) is 0 Å². The molecule has 0 fully saturated rings. The van der Waals surface area contributed by atoms with Crippen LogP contribution in [0.5, 0.6) is 5.75 Å². The van der Waals surface area contributed by atoms with Crippen molar-refractivity contribution in [2.24, 2.45) is 5.73 Å². The summed E-state index contributed by atoms with van der Waals surface area (Å²) < 4.78 is 5.34. The highest BCUT2D eigenvalue weighted by molar-refractivity contribution is 5.95. The fourth-order valence-electron chi connectivity index (χ4n) is 1.70. The number of fused-ring (bicyclic) bond motifs is 1. The average Bonchev–Trinajstić information content (AvgIpc) is 2.35. The van der Waals surface area contributed by atoms with Crippen LogP contribution in [0.4, 0.5) is 5.69 Å². The van der Waals surface area contributed by atoms with E-state index in [1.807, 2.05) is 0 Å². The highest BCUT2D eigenvalue weighted by atomic mass is 16.6. The molecule has 6 nitrogen and oxygen atoms in total. The fourth-order valence-corrected chi connectivity index (χ4v) is 1.70. The van der Waals surface area contributed by atoms with Gasteiger partial charge in [-0.2, -0.15) is 0 Å². The molecule has 18 heavy (non-hydrogen) atoms. The molecule has 92 valence electrons. The third-order valence-corrected chi connectivity index (χ3v) is 2.44. The minimum Gasteiger partial charge on any atom is -0.485 e. The predicted octanol–water partition coefficient (Wildman–Crippen LogP) is 2.06. The largest absolute Gasteiger partial charge is 0.485 e. The van der Waals surface area contributed by atoms with E-state index in [2.05, 4.69) is 0 Å². The van der Waals surface area contributed by atoms with E-state index in [1.165, 1.54) is 12.1 Å². The number of nitro benzene ring substituents is 1. The van der Waals surface area contributed by atoms with Crippen molar-refractivity contribution in [3.05, 3.63) is 46.5 Å². The topological polar surface area (TPSA) is 102 Å². The molecule has 6 heteroatoms. The summed E-state index contributed by atoms with van der Waals surface area (Å²) in [5.74, 6) is 0.379. The average molecular weight is 245 g/mol. The van der Waals surface area contributed by atoms with Crippen molar-refractivity contribution in [2.75, 3.05) is 6.61 Å². The number of non-ortho nitro benzene ring substituents is 1. The molecule has 0 bridgehead atoms. The number of hydrogen-bond acceptors (Lipinski definition) is 4. The Morgan fingerprint density at radius 3 is 2.56 bits per heavy atom. The lowest BCUT2D eigenvalue weighted by Gasteiger charge is -2.08. The molecule has 0 radical (unpaired) electrons. The van der Waals surface area contributed by atoms with Crippen molar-refractivity contribution in [2.45, 2.75) is 0 Å². The molecule has 0 aliphatic rings. The maximum atomic E-state index is 10.9. The minimum atomic E-state index is -0.433. The number of amidine groups is 1. The van der Waals surface area contributed by atoms with Gasteiger partial charge < -0.3 is 10.5 Å². The normalized spacial score (nSPS) is 10.2. The number of ether oxygens (including phenoxy) is 1. The summed E-state index contributed by atoms with van der Waals surface area (Å²) in [6, 6.07) is 9.80. The van der Waals surface area contributed by atoms with Crippen LogP contribution in [0.3, 0.4) is 0 Å². The Labute approximate surface area is 103 Å². The molecule has 3 N–H and O–H groups in total. The molecule has 0 aliphatic carbocycles. The second kappa shape index (κ2) is 4.70. The van der Waals surface area contributed by atoms with E-state index in [0.717, 1.165) is 0 Å². The number of nitro groups is 1. The van der Waals surface area contributed by atoms with Gasteiger partial charge in [-0.3, -0.25) is 15.5 Å². The van der Waals surface area contributed by atoms with Crippen molar-refractivity contribution < 1.29 is 9.66 Å². The number of rotatable bonds is 4. The van der Waals surface area contributed by atoms with Crippen LogP contribution in [-0.2, 0) is 0 Å². The lowest BCUT2D eigenvalue weighted by Crippen LogP contribution is -2.19. The van der Waals surface area contributed by atoms with Crippen molar-refractivity contribution in [1.82, 2.24) is 0 Å². The van der Waals surface area contributed by atoms with Crippen molar-refractivity contribution in [3.63, 3.8) is 0 Å². The summed E-state index contributed by atoms with van der Waals surface area (Å²) in [5, 5.41) is 19.1. The molecule has 0 heterocycles. The standard InChI is InChI=1S/C12H11N3O3/c13-12(14)7-18-11-6-5-10(15(16)17)8-3-1-2-4-9(8)11/h1-6H,7H2,(H3,13,14). The van der Waals surface area contributed by atoms with Crippen LogP contribution in [-0.4, -0.2) is 17.4 Å². The number of nitrogens with one attached hydrogen (secondary N) is 1. The van der Waals surface area contributed by atoms with Crippen LogP contribution in [0.1, 0.15) is 0 Å². The molecule has 0 atom stereocenters. The first-order valence-electron chi connectivity index (χ1n) is 5.21. The Morgan fingerprint density at radius 1 is 1.28 bits per heavy atom. The van der Waals surface area contributed by atoms with Crippen LogP contribution >= 0.6 is 0 Å². The first-order valence-corrected chi connectivity index (χ1v) is 5.21. The first-order chi connectivity index (χ1) is 8.59. The SMILES string of the molecule is N=C(N)COc1ccc([N+](=O)[O-])c2ccccc12. The molecule has 0 unspecified atom stereocenters. The van der Waals surface area contributed by atoms with Crippen LogP contribution in [0.25, 0.3) is 10.8 Å². The highest BCUT2D eigenvalue weighted by Crippen LogP contribution is 2.32. The molecule has 2 rings (SSSR count). The van der Waals surface area contributed by atoms with Crippen molar-refractivity contribution in [1.29, 1.82) is 5.41 Å². The van der Waals surface area contributed by atoms with E-state index in [4.69, 9.17) is 15.9 Å². The molecule has 0 amide bonds. The van der Waals surface area contributed by atoms with Gasteiger partial charge in [0.1, 0.15) is 18.2 Å². The van der Waals surface area contributed by atoms with E-state index >= 15 is 0 Å². The number of nitrogens with zero attached hydrogens (tertiary/aromatic N) is 1. The maximum absolute atomic E-state index is 10.9. The van der Waals surface area contributed by atoms with Gasteiger partial charge in [0, 0.05) is 11.5 Å². The highest BCUT2D eigenvalue weighted by Gasteiger charge is 2.14. The zero-order valence-corrected chi connectivity index (χ0v) is 9.42. The Hall–Kier alpha value is -2.63. The second-order valence-electron chi connectivity index (χ2n) is 3.70. The van der Waals surface area contributed by atoms with Gasteiger partial charge in [-0.1, -0.05) is 18.2 Å². The quantitative estimate of drug-likeness (QED) is 0.372. The molecule has 0 spiro atoms. The number of benzene rings is 2. The zero-order chi connectivity index (χ0) is 13.1. The van der Waals surface area contributed by atoms with E-state index in [-0.39, 0.29) is 18.1 Å². The van der Waals surface area contributed by atoms with Gasteiger partial charge in [0.2, 0.25) is 0 Å². The monoisotopic (exact) mass is 245 g/mol. The number of hydrogen-bond donors (Lipinski definition) is 2. The summed E-state index contributed by atoms with van der Waals surface area (Å²) in [6.45, 7) is -0.0399. The van der Waals surface area contributed by atoms with E-state index in [0.29, 0.717) is 16.5 Å². The predicted molar refractivity (Wildman–Crippen MR) is 68.0 cm³/mol.